The fourth-order valence-corrected chi connectivity index (χ4v) is 3.16. The van der Waals surface area contributed by atoms with E-state index in [2.05, 4.69) is 53.7 Å². The van der Waals surface area contributed by atoms with Crippen molar-refractivity contribution in [3.8, 4) is 0 Å². The Balaban J connectivity index is 1.53. The van der Waals surface area contributed by atoms with E-state index in [0.717, 1.165) is 17.5 Å². The van der Waals surface area contributed by atoms with Crippen molar-refractivity contribution in [1.29, 1.82) is 0 Å². The van der Waals surface area contributed by atoms with Crippen LogP contribution >= 0.6 is 0 Å². The van der Waals surface area contributed by atoms with E-state index in [1.165, 1.54) is 11.6 Å². The number of carbonyl (C=O) groups excluding carboxylic acids is 1. The van der Waals surface area contributed by atoms with Crippen molar-refractivity contribution in [2.24, 2.45) is 5.92 Å². The van der Waals surface area contributed by atoms with Gasteiger partial charge in [-0.3, -0.25) is 4.79 Å². The summed E-state index contributed by atoms with van der Waals surface area (Å²) in [7, 11) is 0. The topological polar surface area (TPSA) is 59.8 Å². The largest absolute Gasteiger partial charge is 0.346 e. The quantitative estimate of drug-likeness (QED) is 0.581. The molecule has 0 aliphatic rings. The van der Waals surface area contributed by atoms with Gasteiger partial charge in [-0.2, -0.15) is 0 Å². The highest BCUT2D eigenvalue weighted by Crippen LogP contribution is 2.15. The van der Waals surface area contributed by atoms with Crippen LogP contribution in [0, 0.1) is 5.92 Å². The monoisotopic (exact) mass is 388 g/mol. The predicted octanol–water partition coefficient (Wildman–Crippen LogP) is 4.42. The van der Waals surface area contributed by atoms with Gasteiger partial charge >= 0.3 is 0 Å². The molecule has 0 aliphatic carbocycles. The van der Waals surface area contributed by atoms with Gasteiger partial charge in [0.25, 0.3) is 0 Å². The lowest BCUT2D eigenvalue weighted by atomic mass is 10.00. The van der Waals surface area contributed by atoms with Gasteiger partial charge in [0.15, 0.2) is 0 Å². The first-order chi connectivity index (χ1) is 14.0. The Bertz CT molecular complexity index is 943. The van der Waals surface area contributed by atoms with E-state index in [-0.39, 0.29) is 11.9 Å². The van der Waals surface area contributed by atoms with Gasteiger partial charge in [0, 0.05) is 6.08 Å². The zero-order valence-corrected chi connectivity index (χ0v) is 17.2. The number of rotatable bonds is 8. The third kappa shape index (κ3) is 6.42. The van der Waals surface area contributed by atoms with Crippen LogP contribution in [0.25, 0.3) is 6.08 Å². The lowest BCUT2D eigenvalue weighted by Crippen LogP contribution is -2.24. The molecule has 29 heavy (non-hydrogen) atoms. The average molecular weight is 389 g/mol. The lowest BCUT2D eigenvalue weighted by Gasteiger charge is -2.14. The van der Waals surface area contributed by atoms with Crippen LogP contribution < -0.4 is 5.32 Å². The molecule has 0 unspecified atom stereocenters. The molecule has 1 heterocycles. The van der Waals surface area contributed by atoms with E-state index < -0.39 is 0 Å². The van der Waals surface area contributed by atoms with Crippen LogP contribution in [0.1, 0.15) is 49.2 Å². The third-order valence-electron chi connectivity index (χ3n) is 4.63. The summed E-state index contributed by atoms with van der Waals surface area (Å²) in [6.07, 6.45) is 6.07. The third-order valence-corrected chi connectivity index (χ3v) is 4.63. The lowest BCUT2D eigenvalue weighted by molar-refractivity contribution is -0.117. The summed E-state index contributed by atoms with van der Waals surface area (Å²) in [5.74, 6) is 0.482. The second-order valence-corrected chi connectivity index (χ2v) is 7.73. The molecule has 0 saturated heterocycles. The number of carbonyl (C=O) groups is 1. The van der Waals surface area contributed by atoms with Gasteiger partial charge < -0.3 is 5.32 Å². The molecule has 5 heteroatoms. The Morgan fingerprint density at radius 1 is 1.03 bits per heavy atom. The number of aromatic nitrogens is 3. The summed E-state index contributed by atoms with van der Waals surface area (Å²) >= 11 is 0. The van der Waals surface area contributed by atoms with E-state index in [4.69, 9.17) is 0 Å². The highest BCUT2D eigenvalue weighted by atomic mass is 16.1. The van der Waals surface area contributed by atoms with E-state index in [0.29, 0.717) is 18.2 Å². The molecule has 1 N–H and O–H groups in total. The molecule has 0 saturated carbocycles. The van der Waals surface area contributed by atoms with Crippen molar-refractivity contribution < 1.29 is 4.79 Å². The number of nitrogens with one attached hydrogen (secondary N) is 1. The number of amides is 1. The fraction of sp³-hybridized carbons (Fsp3) is 0.292. The van der Waals surface area contributed by atoms with Crippen molar-refractivity contribution in [3.63, 3.8) is 0 Å². The maximum absolute atomic E-state index is 12.3. The second-order valence-electron chi connectivity index (χ2n) is 7.73. The zero-order chi connectivity index (χ0) is 20.6. The summed E-state index contributed by atoms with van der Waals surface area (Å²) < 4.78 is 1.76. The van der Waals surface area contributed by atoms with Crippen molar-refractivity contribution in [1.82, 2.24) is 20.3 Å². The fourth-order valence-electron chi connectivity index (χ4n) is 3.16. The molecule has 150 valence electrons. The molecular weight excluding hydrogens is 360 g/mol. The van der Waals surface area contributed by atoms with E-state index in [1.807, 2.05) is 43.5 Å². The van der Waals surface area contributed by atoms with Crippen LogP contribution in [-0.4, -0.2) is 20.9 Å². The highest BCUT2D eigenvalue weighted by Gasteiger charge is 2.08. The summed E-state index contributed by atoms with van der Waals surface area (Å²) in [6, 6.07) is 18.4. The van der Waals surface area contributed by atoms with E-state index in [9.17, 15) is 4.79 Å². The standard InChI is InChI=1S/C24H28N4O/c1-18(2)15-20-9-11-22(12-10-20)19(3)25-24(29)14-13-23-17-28(27-26-23)16-21-7-5-4-6-8-21/h4-14,17-19H,15-16H2,1-3H3,(H,25,29)/b14-13+/t19-/m0/s1. The number of nitrogens with zero attached hydrogens (tertiary/aromatic N) is 3. The molecule has 1 amide bonds. The van der Waals surface area contributed by atoms with Crippen molar-refractivity contribution in [2.45, 2.75) is 39.8 Å². The first-order valence-corrected chi connectivity index (χ1v) is 10.0. The summed E-state index contributed by atoms with van der Waals surface area (Å²) in [5.41, 5.74) is 4.22. The maximum atomic E-state index is 12.3. The van der Waals surface area contributed by atoms with Crippen molar-refractivity contribution in [2.75, 3.05) is 0 Å². The Kier molecular flexibility index (Phi) is 6.95. The molecule has 0 fully saturated rings. The minimum absolute atomic E-state index is 0.0611. The minimum Gasteiger partial charge on any atom is -0.346 e. The summed E-state index contributed by atoms with van der Waals surface area (Å²) in [5, 5.41) is 11.2. The second kappa shape index (κ2) is 9.82. The van der Waals surface area contributed by atoms with Gasteiger partial charge in [-0.05, 0) is 42.0 Å². The van der Waals surface area contributed by atoms with Crippen molar-refractivity contribution in [3.05, 3.63) is 89.3 Å². The van der Waals surface area contributed by atoms with Crippen LogP contribution in [0.5, 0.6) is 0 Å². The normalized spacial score (nSPS) is 12.4. The van der Waals surface area contributed by atoms with Gasteiger partial charge in [0.1, 0.15) is 5.69 Å². The Morgan fingerprint density at radius 2 is 1.76 bits per heavy atom. The first kappa shape index (κ1) is 20.5. The van der Waals surface area contributed by atoms with Gasteiger partial charge in [-0.25, -0.2) is 4.68 Å². The number of hydrogen-bond donors (Lipinski definition) is 1. The van der Waals surface area contributed by atoms with E-state index >= 15 is 0 Å². The molecule has 0 spiro atoms. The molecule has 2 aromatic carbocycles. The predicted molar refractivity (Wildman–Crippen MR) is 116 cm³/mol. The Labute approximate surface area is 172 Å². The van der Waals surface area contributed by atoms with Gasteiger partial charge in [0.05, 0.1) is 18.8 Å². The molecule has 3 aromatic rings. The minimum atomic E-state index is -0.152. The molecule has 0 aliphatic heterocycles. The van der Waals surface area contributed by atoms with E-state index in [1.54, 1.807) is 10.8 Å². The zero-order valence-electron chi connectivity index (χ0n) is 17.2. The molecule has 5 nitrogen and oxygen atoms in total. The van der Waals surface area contributed by atoms with Gasteiger partial charge in [0.2, 0.25) is 5.91 Å². The number of benzene rings is 2. The van der Waals surface area contributed by atoms with Gasteiger partial charge in [-0.15, -0.1) is 5.10 Å². The van der Waals surface area contributed by atoms with Crippen LogP contribution in [0.15, 0.2) is 66.9 Å². The molecule has 1 aromatic heterocycles. The first-order valence-electron chi connectivity index (χ1n) is 10.0. The number of hydrogen-bond acceptors (Lipinski definition) is 3. The van der Waals surface area contributed by atoms with Crippen LogP contribution in [-0.2, 0) is 17.8 Å². The molecular formula is C24H28N4O. The molecule has 0 bridgehead atoms. The van der Waals surface area contributed by atoms with Crippen molar-refractivity contribution >= 4 is 12.0 Å². The molecule has 1 atom stereocenters. The maximum Gasteiger partial charge on any atom is 0.244 e. The summed E-state index contributed by atoms with van der Waals surface area (Å²) in [4.78, 5) is 12.3. The average Bonchev–Trinajstić information content (AvgIpc) is 3.14. The smallest absolute Gasteiger partial charge is 0.244 e. The van der Waals surface area contributed by atoms with Crippen LogP contribution in [0.4, 0.5) is 0 Å². The van der Waals surface area contributed by atoms with Crippen LogP contribution in [0.3, 0.4) is 0 Å². The Morgan fingerprint density at radius 3 is 2.45 bits per heavy atom. The van der Waals surface area contributed by atoms with Gasteiger partial charge in [-0.1, -0.05) is 73.7 Å². The summed E-state index contributed by atoms with van der Waals surface area (Å²) in [6.45, 7) is 7.06. The van der Waals surface area contributed by atoms with Crippen LogP contribution in [0.2, 0.25) is 0 Å². The SMILES string of the molecule is CC(C)Cc1ccc([C@H](C)NC(=O)/C=C/c2cn(Cc3ccccc3)nn2)cc1. The molecule has 0 radical (unpaired) electrons. The Hall–Kier alpha value is -3.21. The molecule has 3 rings (SSSR count). The highest BCUT2D eigenvalue weighted by molar-refractivity contribution is 5.91.